The van der Waals surface area contributed by atoms with Crippen molar-refractivity contribution >= 4 is 28.9 Å². The zero-order valence-corrected chi connectivity index (χ0v) is 13.0. The minimum Gasteiger partial charge on any atom is -0.493 e. The fourth-order valence-electron chi connectivity index (χ4n) is 2.30. The van der Waals surface area contributed by atoms with Crippen molar-refractivity contribution in [2.75, 3.05) is 19.5 Å². The molecule has 1 aliphatic rings. The van der Waals surface area contributed by atoms with Crippen LogP contribution in [0.3, 0.4) is 0 Å². The third-order valence-electron chi connectivity index (χ3n) is 3.37. The van der Waals surface area contributed by atoms with Crippen LogP contribution in [-0.2, 0) is 0 Å². The number of nitriles is 1. The second-order valence-electron chi connectivity index (χ2n) is 4.60. The number of hydrogen-bond acceptors (Lipinski definition) is 6. The lowest BCUT2D eigenvalue weighted by molar-refractivity contribution is 0.0963. The van der Waals surface area contributed by atoms with Gasteiger partial charge in [0, 0.05) is 13.2 Å². The molecule has 0 bridgehead atoms. The smallest absolute Gasteiger partial charge is 0.254 e. The molecular formula is C15H11ClN4O3. The third kappa shape index (κ3) is 2.29. The first-order valence-corrected chi connectivity index (χ1v) is 6.95. The molecule has 23 heavy (non-hydrogen) atoms. The second-order valence-corrected chi connectivity index (χ2v) is 4.96. The number of halogens is 1. The van der Waals surface area contributed by atoms with Crippen LogP contribution in [0.4, 0.5) is 11.4 Å². The third-order valence-corrected chi connectivity index (χ3v) is 3.64. The molecule has 1 aliphatic heterocycles. The van der Waals surface area contributed by atoms with Crippen LogP contribution < -0.4 is 20.1 Å². The van der Waals surface area contributed by atoms with Gasteiger partial charge in [-0.2, -0.15) is 5.26 Å². The van der Waals surface area contributed by atoms with Gasteiger partial charge in [-0.1, -0.05) is 11.6 Å². The topological polar surface area (TPSA) is 96.3 Å². The molecule has 0 spiro atoms. The summed E-state index contributed by atoms with van der Waals surface area (Å²) < 4.78 is 11.1. The number of fused-ring (bicyclic) bond motifs is 2. The number of nitrogens with zero attached hydrogens (tertiary/aromatic N) is 2. The molecule has 2 N–H and O–H groups in total. The maximum Gasteiger partial charge on any atom is 0.254 e. The number of carbonyl (C=O) groups excluding carboxylic acids is 1. The number of carbonyl (C=O) groups is 1. The van der Waals surface area contributed by atoms with Crippen LogP contribution in [0.1, 0.15) is 15.9 Å². The summed E-state index contributed by atoms with van der Waals surface area (Å²) in [7, 11) is 2.96. The monoisotopic (exact) mass is 330 g/mol. The lowest BCUT2D eigenvalue weighted by Gasteiger charge is -2.25. The molecule has 2 heterocycles. The Labute approximate surface area is 136 Å². The fraction of sp³-hybridized carbons (Fsp3) is 0.133. The van der Waals surface area contributed by atoms with E-state index in [1.54, 1.807) is 12.1 Å². The molecule has 1 aromatic carbocycles. The lowest BCUT2D eigenvalue weighted by Crippen LogP contribution is -2.21. The zero-order valence-electron chi connectivity index (χ0n) is 12.2. The van der Waals surface area contributed by atoms with Gasteiger partial charge in [-0.05, 0) is 12.1 Å². The zero-order chi connectivity index (χ0) is 16.6. The van der Waals surface area contributed by atoms with Gasteiger partial charge in [0.1, 0.15) is 11.8 Å². The Kier molecular flexibility index (Phi) is 3.68. The molecule has 7 nitrogen and oxygen atoms in total. The summed E-state index contributed by atoms with van der Waals surface area (Å²) in [6.07, 6.45) is 1.35. The number of rotatable bonds is 2. The van der Waals surface area contributed by atoms with E-state index in [2.05, 4.69) is 15.6 Å². The average Bonchev–Trinajstić information content (AvgIpc) is 2.59. The van der Waals surface area contributed by atoms with E-state index in [0.717, 1.165) is 0 Å². The number of methoxy groups -OCH3 is 1. The molecule has 0 saturated carbocycles. The number of aromatic nitrogens is 1. The van der Waals surface area contributed by atoms with Crippen LogP contribution in [0.15, 0.2) is 18.3 Å². The quantitative estimate of drug-likeness (QED) is 0.701. The van der Waals surface area contributed by atoms with Crippen LogP contribution in [0, 0.1) is 11.3 Å². The van der Waals surface area contributed by atoms with Crippen molar-refractivity contribution in [1.29, 1.82) is 5.26 Å². The second kappa shape index (κ2) is 5.66. The minimum atomic E-state index is -0.347. The Balaban J connectivity index is 2.21. The van der Waals surface area contributed by atoms with Crippen molar-refractivity contribution in [2.45, 2.75) is 0 Å². The first-order valence-electron chi connectivity index (χ1n) is 6.57. The molecule has 0 aliphatic carbocycles. The van der Waals surface area contributed by atoms with Crippen LogP contribution in [0.2, 0.25) is 5.15 Å². The molecule has 0 unspecified atom stereocenters. The van der Waals surface area contributed by atoms with E-state index in [1.807, 2.05) is 6.07 Å². The Morgan fingerprint density at radius 3 is 2.91 bits per heavy atom. The highest BCUT2D eigenvalue weighted by Crippen LogP contribution is 2.50. The van der Waals surface area contributed by atoms with E-state index in [9.17, 15) is 10.1 Å². The van der Waals surface area contributed by atoms with Gasteiger partial charge in [0.2, 0.25) is 0 Å². The first-order chi connectivity index (χ1) is 11.1. The molecule has 116 valence electrons. The summed E-state index contributed by atoms with van der Waals surface area (Å²) in [5, 5.41) is 14.9. The van der Waals surface area contributed by atoms with Crippen LogP contribution >= 0.6 is 11.6 Å². The highest BCUT2D eigenvalue weighted by Gasteiger charge is 2.28. The van der Waals surface area contributed by atoms with E-state index in [4.69, 9.17) is 21.1 Å². The van der Waals surface area contributed by atoms with Crippen LogP contribution in [-0.4, -0.2) is 25.0 Å². The summed E-state index contributed by atoms with van der Waals surface area (Å²) in [5.41, 5.74) is 1.42. The van der Waals surface area contributed by atoms with Crippen molar-refractivity contribution in [1.82, 2.24) is 10.3 Å². The highest BCUT2D eigenvalue weighted by atomic mass is 35.5. The Morgan fingerprint density at radius 2 is 2.26 bits per heavy atom. The molecular weight excluding hydrogens is 320 g/mol. The van der Waals surface area contributed by atoms with E-state index >= 15 is 0 Å². The first kappa shape index (κ1) is 14.9. The molecule has 0 saturated heterocycles. The summed E-state index contributed by atoms with van der Waals surface area (Å²) in [6.45, 7) is 0. The number of hydrogen-bond donors (Lipinski definition) is 2. The average molecular weight is 331 g/mol. The molecule has 2 aromatic rings. The summed E-state index contributed by atoms with van der Waals surface area (Å²) in [5.74, 6) is 0.643. The number of benzene rings is 1. The van der Waals surface area contributed by atoms with Gasteiger partial charge in [-0.25, -0.2) is 4.98 Å². The van der Waals surface area contributed by atoms with E-state index in [1.165, 1.54) is 20.4 Å². The van der Waals surface area contributed by atoms with Gasteiger partial charge in [0.05, 0.1) is 23.9 Å². The summed E-state index contributed by atoms with van der Waals surface area (Å²) in [6, 6.07) is 5.24. The predicted molar refractivity (Wildman–Crippen MR) is 83.7 cm³/mol. The number of ether oxygens (including phenoxy) is 2. The van der Waals surface area contributed by atoms with Crippen molar-refractivity contribution in [3.63, 3.8) is 0 Å². The van der Waals surface area contributed by atoms with Crippen molar-refractivity contribution < 1.29 is 14.3 Å². The van der Waals surface area contributed by atoms with E-state index < -0.39 is 0 Å². The fourth-order valence-corrected chi connectivity index (χ4v) is 2.48. The Bertz CT molecular complexity index is 861. The molecule has 0 radical (unpaired) electrons. The van der Waals surface area contributed by atoms with Gasteiger partial charge in [0.25, 0.3) is 5.91 Å². The van der Waals surface area contributed by atoms with E-state index in [-0.39, 0.29) is 22.4 Å². The van der Waals surface area contributed by atoms with E-state index in [0.29, 0.717) is 28.4 Å². The number of nitrogens with one attached hydrogen (secondary N) is 2. The van der Waals surface area contributed by atoms with Gasteiger partial charge in [0.15, 0.2) is 22.4 Å². The van der Waals surface area contributed by atoms with Crippen LogP contribution in [0.25, 0.3) is 0 Å². The van der Waals surface area contributed by atoms with Crippen molar-refractivity contribution in [3.8, 4) is 23.3 Å². The van der Waals surface area contributed by atoms with Gasteiger partial charge >= 0.3 is 0 Å². The lowest BCUT2D eigenvalue weighted by atomic mass is 10.1. The molecule has 0 atom stereocenters. The van der Waals surface area contributed by atoms with Gasteiger partial charge < -0.3 is 20.1 Å². The van der Waals surface area contributed by atoms with Crippen molar-refractivity contribution in [3.05, 3.63) is 34.6 Å². The molecule has 1 amide bonds. The Morgan fingerprint density at radius 1 is 1.48 bits per heavy atom. The number of amides is 1. The number of anilines is 2. The summed E-state index contributed by atoms with van der Waals surface area (Å²) in [4.78, 5) is 16.0. The molecule has 0 fully saturated rings. The predicted octanol–water partition coefficient (Wildman–Crippen LogP) is 2.82. The standard InChI is InChI=1S/C15H11ClN4O3/c1-18-15(21)8-6-19-14(16)13-10(8)20-11-9(23-13)4-3-7(5-17)12(11)22-2/h3-4,6,20H,1-2H3,(H,18,21). The highest BCUT2D eigenvalue weighted by molar-refractivity contribution is 6.31. The maximum absolute atomic E-state index is 12.0. The van der Waals surface area contributed by atoms with Gasteiger partial charge in [-0.3, -0.25) is 4.79 Å². The maximum atomic E-state index is 12.0. The van der Waals surface area contributed by atoms with Crippen LogP contribution in [0.5, 0.6) is 17.2 Å². The van der Waals surface area contributed by atoms with Crippen molar-refractivity contribution in [2.24, 2.45) is 0 Å². The largest absolute Gasteiger partial charge is 0.493 e. The Hall–Kier alpha value is -2.98. The minimum absolute atomic E-state index is 0.120. The molecule has 8 heteroatoms. The molecule has 3 rings (SSSR count). The SMILES string of the molecule is CNC(=O)c1cnc(Cl)c2c1Nc1c(ccc(C#N)c1OC)O2. The number of pyridine rings is 1. The molecule has 1 aromatic heterocycles. The van der Waals surface area contributed by atoms with Gasteiger partial charge in [-0.15, -0.1) is 0 Å². The summed E-state index contributed by atoms with van der Waals surface area (Å²) >= 11 is 6.07. The normalized spacial score (nSPS) is 11.2.